The zero-order chi connectivity index (χ0) is 19.3. The Morgan fingerprint density at radius 3 is 2.22 bits per heavy atom. The molecule has 0 spiro atoms. The number of amidine groups is 1. The molecule has 6 heteroatoms. The van der Waals surface area contributed by atoms with Crippen LogP contribution in [0.4, 0.5) is 5.82 Å². The van der Waals surface area contributed by atoms with Gasteiger partial charge in [-0.15, -0.1) is 4.40 Å². The highest BCUT2D eigenvalue weighted by Crippen LogP contribution is 2.15. The van der Waals surface area contributed by atoms with Gasteiger partial charge in [0.2, 0.25) is 0 Å². The predicted octanol–water partition coefficient (Wildman–Crippen LogP) is 4.14. The molecular weight excluding hydrogens is 358 g/mol. The summed E-state index contributed by atoms with van der Waals surface area (Å²) in [6.07, 6.45) is 2.07. The van der Waals surface area contributed by atoms with Crippen LogP contribution in [0.5, 0.6) is 0 Å². The maximum Gasteiger partial charge on any atom is 0.283 e. The van der Waals surface area contributed by atoms with Crippen LogP contribution in [0.1, 0.15) is 16.7 Å². The molecule has 0 unspecified atom stereocenters. The van der Waals surface area contributed by atoms with E-state index < -0.39 is 10.0 Å². The van der Waals surface area contributed by atoms with Crippen molar-refractivity contribution in [2.45, 2.75) is 25.2 Å². The van der Waals surface area contributed by atoms with Gasteiger partial charge < -0.3 is 5.32 Å². The topological polar surface area (TPSA) is 71.4 Å². The van der Waals surface area contributed by atoms with Gasteiger partial charge in [0, 0.05) is 12.6 Å². The van der Waals surface area contributed by atoms with Gasteiger partial charge >= 0.3 is 0 Å². The van der Waals surface area contributed by atoms with Gasteiger partial charge in [0.1, 0.15) is 11.7 Å². The lowest BCUT2D eigenvalue weighted by atomic mass is 10.1. The minimum absolute atomic E-state index is 0.164. The minimum atomic E-state index is -3.83. The molecule has 0 amide bonds. The van der Waals surface area contributed by atoms with Gasteiger partial charge in [-0.1, -0.05) is 54.1 Å². The van der Waals surface area contributed by atoms with Crippen molar-refractivity contribution in [3.05, 3.63) is 89.6 Å². The summed E-state index contributed by atoms with van der Waals surface area (Å²) >= 11 is 0. The first-order valence-corrected chi connectivity index (χ1v) is 10.0. The van der Waals surface area contributed by atoms with E-state index >= 15 is 0 Å². The molecule has 0 aliphatic heterocycles. The third-order valence-electron chi connectivity index (χ3n) is 3.95. The molecule has 0 fully saturated rings. The van der Waals surface area contributed by atoms with Crippen LogP contribution in [0.25, 0.3) is 0 Å². The molecule has 0 saturated heterocycles. The fourth-order valence-electron chi connectivity index (χ4n) is 2.49. The number of hydrogen-bond acceptors (Lipinski definition) is 3. The molecule has 0 atom stereocenters. The van der Waals surface area contributed by atoms with Gasteiger partial charge in [0.05, 0.1) is 4.90 Å². The smallest absolute Gasteiger partial charge is 0.283 e. The third-order valence-corrected chi connectivity index (χ3v) is 5.28. The second kappa shape index (κ2) is 8.14. The van der Waals surface area contributed by atoms with Gasteiger partial charge in [-0.2, -0.15) is 8.42 Å². The fraction of sp³-hybridized carbons (Fsp3) is 0.143. The van der Waals surface area contributed by atoms with Crippen LogP contribution in [0.15, 0.2) is 82.2 Å². The van der Waals surface area contributed by atoms with E-state index in [1.54, 1.807) is 36.5 Å². The van der Waals surface area contributed by atoms with Gasteiger partial charge in [-0.05, 0) is 43.2 Å². The highest BCUT2D eigenvalue weighted by Gasteiger charge is 2.15. The van der Waals surface area contributed by atoms with Crippen molar-refractivity contribution in [1.29, 1.82) is 0 Å². The summed E-state index contributed by atoms with van der Waals surface area (Å²) in [5, 5.41) is 3.05. The maximum absolute atomic E-state index is 12.7. The maximum atomic E-state index is 12.7. The van der Waals surface area contributed by atoms with Crippen molar-refractivity contribution in [2.75, 3.05) is 5.32 Å². The van der Waals surface area contributed by atoms with E-state index in [4.69, 9.17) is 0 Å². The minimum Gasteiger partial charge on any atom is -0.327 e. The first-order valence-electron chi connectivity index (χ1n) is 8.56. The van der Waals surface area contributed by atoms with Crippen molar-refractivity contribution in [1.82, 2.24) is 4.98 Å². The standard InChI is InChI=1S/C21H21N3O2S/c1-16-8-11-19(12-9-16)27(25,26)24-21(14-18-6-4-3-5-7-18)23-20-13-10-17(2)15-22-20/h3-13,15H,14H2,1-2H3,(H,22,23,24). The molecule has 0 saturated carbocycles. The highest BCUT2D eigenvalue weighted by atomic mass is 32.2. The monoisotopic (exact) mass is 379 g/mol. The number of nitrogens with zero attached hydrogens (tertiary/aromatic N) is 2. The largest absolute Gasteiger partial charge is 0.327 e. The summed E-state index contributed by atoms with van der Waals surface area (Å²) in [7, 11) is -3.83. The van der Waals surface area contributed by atoms with Crippen LogP contribution in [0, 0.1) is 13.8 Å². The van der Waals surface area contributed by atoms with Crippen LogP contribution < -0.4 is 5.32 Å². The molecule has 2 aromatic carbocycles. The van der Waals surface area contributed by atoms with Crippen molar-refractivity contribution < 1.29 is 8.42 Å². The summed E-state index contributed by atoms with van der Waals surface area (Å²) < 4.78 is 29.5. The molecule has 5 nitrogen and oxygen atoms in total. The molecule has 0 aliphatic rings. The lowest BCUT2D eigenvalue weighted by Crippen LogP contribution is -2.18. The van der Waals surface area contributed by atoms with Crippen LogP contribution in [0.3, 0.4) is 0 Å². The van der Waals surface area contributed by atoms with E-state index in [1.807, 2.05) is 50.2 Å². The van der Waals surface area contributed by atoms with Gasteiger partial charge in [-0.3, -0.25) is 0 Å². The molecule has 1 aromatic heterocycles. The molecule has 27 heavy (non-hydrogen) atoms. The predicted molar refractivity (Wildman–Crippen MR) is 109 cm³/mol. The first-order chi connectivity index (χ1) is 12.9. The number of pyridine rings is 1. The number of aryl methyl sites for hydroxylation is 2. The van der Waals surface area contributed by atoms with E-state index in [0.29, 0.717) is 18.1 Å². The van der Waals surface area contributed by atoms with Crippen LogP contribution in [-0.2, 0) is 16.4 Å². The number of hydrogen-bond donors (Lipinski definition) is 1. The third kappa shape index (κ3) is 5.24. The number of anilines is 1. The molecule has 0 aliphatic carbocycles. The molecule has 1 N–H and O–H groups in total. The van der Waals surface area contributed by atoms with E-state index in [0.717, 1.165) is 16.7 Å². The first kappa shape index (κ1) is 18.8. The normalized spacial score (nSPS) is 12.0. The second-order valence-electron chi connectivity index (χ2n) is 6.33. The van der Waals surface area contributed by atoms with Gasteiger partial charge in [-0.25, -0.2) is 4.98 Å². The zero-order valence-electron chi connectivity index (χ0n) is 15.3. The Morgan fingerprint density at radius 1 is 0.926 bits per heavy atom. The molecule has 3 rings (SSSR count). The van der Waals surface area contributed by atoms with E-state index in [-0.39, 0.29) is 4.90 Å². The molecular formula is C21H21N3O2S. The molecule has 0 radical (unpaired) electrons. The Balaban J connectivity index is 1.95. The lowest BCUT2D eigenvalue weighted by Gasteiger charge is -2.10. The summed E-state index contributed by atoms with van der Waals surface area (Å²) in [6.45, 7) is 3.85. The number of benzene rings is 2. The molecule has 1 heterocycles. The van der Waals surface area contributed by atoms with Crippen LogP contribution in [-0.4, -0.2) is 19.2 Å². The average molecular weight is 379 g/mol. The van der Waals surface area contributed by atoms with Crippen molar-refractivity contribution >= 4 is 21.7 Å². The Morgan fingerprint density at radius 2 is 1.59 bits per heavy atom. The van der Waals surface area contributed by atoms with E-state index in [2.05, 4.69) is 14.7 Å². The van der Waals surface area contributed by atoms with E-state index in [1.165, 1.54) is 0 Å². The molecule has 3 aromatic rings. The second-order valence-corrected chi connectivity index (χ2v) is 7.94. The van der Waals surface area contributed by atoms with Crippen molar-refractivity contribution in [3.8, 4) is 0 Å². The Hall–Kier alpha value is -2.99. The Bertz CT molecular complexity index is 1030. The molecule has 138 valence electrons. The van der Waals surface area contributed by atoms with Crippen LogP contribution >= 0.6 is 0 Å². The number of aromatic nitrogens is 1. The van der Waals surface area contributed by atoms with Crippen molar-refractivity contribution in [3.63, 3.8) is 0 Å². The average Bonchev–Trinajstić information content (AvgIpc) is 2.64. The Labute approximate surface area is 159 Å². The summed E-state index contributed by atoms with van der Waals surface area (Å²) in [5.74, 6) is 0.868. The SMILES string of the molecule is Cc1ccc(S(=O)(=O)N=C(Cc2ccccc2)Nc2ccc(C)cn2)cc1. The fourth-order valence-corrected chi connectivity index (χ4v) is 3.47. The quantitative estimate of drug-likeness (QED) is 0.534. The number of rotatable bonds is 5. The van der Waals surface area contributed by atoms with E-state index in [9.17, 15) is 8.42 Å². The highest BCUT2D eigenvalue weighted by molar-refractivity contribution is 7.90. The number of nitrogens with one attached hydrogen (secondary N) is 1. The molecule has 0 bridgehead atoms. The summed E-state index contributed by atoms with van der Waals surface area (Å²) in [4.78, 5) is 4.45. The zero-order valence-corrected chi connectivity index (χ0v) is 16.1. The Kier molecular flexibility index (Phi) is 5.66. The number of sulfonamides is 1. The summed E-state index contributed by atoms with van der Waals surface area (Å²) in [5.41, 5.74) is 2.97. The van der Waals surface area contributed by atoms with Gasteiger partial charge in [0.15, 0.2) is 0 Å². The van der Waals surface area contributed by atoms with Crippen LogP contribution in [0.2, 0.25) is 0 Å². The van der Waals surface area contributed by atoms with Gasteiger partial charge in [0.25, 0.3) is 10.0 Å². The lowest BCUT2D eigenvalue weighted by molar-refractivity contribution is 0.598. The summed E-state index contributed by atoms with van der Waals surface area (Å²) in [6, 6.07) is 19.9. The van der Waals surface area contributed by atoms with Crippen molar-refractivity contribution in [2.24, 2.45) is 4.40 Å².